The molecule has 5 nitrogen and oxygen atoms in total. The SMILES string of the molecule is Cc1ccccc1C(=O)N1CCCC2(C1)Nc1ccccc1NC2=NC(C)(C)C. The summed E-state index contributed by atoms with van der Waals surface area (Å²) in [6.07, 6.45) is 1.86. The molecule has 0 aromatic heterocycles. The Morgan fingerprint density at radius 3 is 2.48 bits per heavy atom. The smallest absolute Gasteiger partial charge is 0.254 e. The van der Waals surface area contributed by atoms with Crippen LogP contribution in [0.15, 0.2) is 53.5 Å². The average molecular weight is 391 g/mol. The highest BCUT2D eigenvalue weighted by atomic mass is 16.2. The Labute approximate surface area is 173 Å². The third-order valence-corrected chi connectivity index (χ3v) is 5.61. The van der Waals surface area contributed by atoms with Crippen LogP contribution in [0, 0.1) is 6.92 Å². The van der Waals surface area contributed by atoms with Crippen LogP contribution in [0.25, 0.3) is 0 Å². The summed E-state index contributed by atoms with van der Waals surface area (Å²) in [5, 5.41) is 7.32. The summed E-state index contributed by atoms with van der Waals surface area (Å²) in [6, 6.07) is 16.0. The van der Waals surface area contributed by atoms with Gasteiger partial charge in [-0.2, -0.15) is 0 Å². The lowest BCUT2D eigenvalue weighted by molar-refractivity contribution is 0.0693. The molecule has 2 N–H and O–H groups in total. The van der Waals surface area contributed by atoms with E-state index >= 15 is 0 Å². The van der Waals surface area contributed by atoms with Crippen molar-refractivity contribution in [3.63, 3.8) is 0 Å². The van der Waals surface area contributed by atoms with Gasteiger partial charge in [0.25, 0.3) is 5.91 Å². The molecule has 5 heteroatoms. The van der Waals surface area contributed by atoms with E-state index in [4.69, 9.17) is 4.99 Å². The van der Waals surface area contributed by atoms with Crippen LogP contribution >= 0.6 is 0 Å². The molecule has 0 aliphatic carbocycles. The Morgan fingerprint density at radius 2 is 1.76 bits per heavy atom. The maximum Gasteiger partial charge on any atom is 0.254 e. The van der Waals surface area contributed by atoms with E-state index < -0.39 is 5.54 Å². The fourth-order valence-corrected chi connectivity index (χ4v) is 4.24. The highest BCUT2D eigenvalue weighted by molar-refractivity contribution is 6.10. The number of likely N-dealkylation sites (tertiary alicyclic amines) is 1. The molecule has 0 radical (unpaired) electrons. The van der Waals surface area contributed by atoms with Crippen molar-refractivity contribution in [2.45, 2.75) is 51.6 Å². The van der Waals surface area contributed by atoms with Gasteiger partial charge in [0.15, 0.2) is 0 Å². The highest BCUT2D eigenvalue weighted by Crippen LogP contribution is 2.37. The van der Waals surface area contributed by atoms with E-state index in [1.165, 1.54) is 0 Å². The minimum Gasteiger partial charge on any atom is -0.370 e. The number of amides is 1. The summed E-state index contributed by atoms with van der Waals surface area (Å²) < 4.78 is 0. The van der Waals surface area contributed by atoms with E-state index in [0.29, 0.717) is 6.54 Å². The fraction of sp³-hybridized carbons (Fsp3) is 0.417. The van der Waals surface area contributed by atoms with Gasteiger partial charge in [0, 0.05) is 12.1 Å². The second-order valence-electron chi connectivity index (χ2n) is 9.15. The van der Waals surface area contributed by atoms with Gasteiger partial charge < -0.3 is 15.5 Å². The Balaban J connectivity index is 1.71. The summed E-state index contributed by atoms with van der Waals surface area (Å²) in [6.45, 7) is 9.67. The molecule has 2 aliphatic heterocycles. The van der Waals surface area contributed by atoms with Gasteiger partial charge in [0.2, 0.25) is 0 Å². The third kappa shape index (κ3) is 3.86. The first-order chi connectivity index (χ1) is 13.8. The zero-order chi connectivity index (χ0) is 20.6. The van der Waals surface area contributed by atoms with E-state index in [-0.39, 0.29) is 11.4 Å². The van der Waals surface area contributed by atoms with Crippen LogP contribution in [-0.2, 0) is 0 Å². The first-order valence-corrected chi connectivity index (χ1v) is 10.4. The number of carbonyl (C=O) groups is 1. The number of fused-ring (bicyclic) bond motifs is 1. The van der Waals surface area contributed by atoms with Crippen LogP contribution < -0.4 is 10.6 Å². The maximum absolute atomic E-state index is 13.3. The number of carbonyl (C=O) groups excluding carboxylic acids is 1. The standard InChI is InChI=1S/C24H30N4O/c1-17-10-5-6-11-18(17)21(29)28-15-9-14-24(16-28)22(27-23(2,3)4)25-19-12-7-8-13-20(19)26-24/h5-8,10-13,26H,9,14-16H2,1-4H3,(H,25,27). The molecule has 0 bridgehead atoms. The van der Waals surface area contributed by atoms with Gasteiger partial charge in [-0.3, -0.25) is 9.79 Å². The van der Waals surface area contributed by atoms with Crippen molar-refractivity contribution < 1.29 is 4.79 Å². The van der Waals surface area contributed by atoms with Gasteiger partial charge in [0.05, 0.1) is 23.5 Å². The first kappa shape index (κ1) is 19.5. The predicted octanol–water partition coefficient (Wildman–Crippen LogP) is 4.70. The molecule has 1 spiro atoms. The summed E-state index contributed by atoms with van der Waals surface area (Å²) >= 11 is 0. The molecule has 1 amide bonds. The van der Waals surface area contributed by atoms with Crippen LogP contribution in [0.1, 0.15) is 49.5 Å². The molecule has 0 saturated carbocycles. The second-order valence-corrected chi connectivity index (χ2v) is 9.15. The zero-order valence-electron chi connectivity index (χ0n) is 17.7. The Kier molecular flexibility index (Phi) is 4.85. The van der Waals surface area contributed by atoms with Gasteiger partial charge in [-0.25, -0.2) is 0 Å². The van der Waals surface area contributed by atoms with Crippen LogP contribution in [0.4, 0.5) is 11.4 Å². The number of nitrogens with zero attached hydrogens (tertiary/aromatic N) is 2. The number of para-hydroxylation sites is 2. The number of hydrogen-bond donors (Lipinski definition) is 2. The molecule has 1 unspecified atom stereocenters. The van der Waals surface area contributed by atoms with Gasteiger partial charge in [-0.1, -0.05) is 30.3 Å². The molecular formula is C24H30N4O. The van der Waals surface area contributed by atoms with Crippen molar-refractivity contribution in [1.29, 1.82) is 0 Å². The summed E-state index contributed by atoms with van der Waals surface area (Å²) in [5.74, 6) is 1.02. The molecule has 29 heavy (non-hydrogen) atoms. The van der Waals surface area contributed by atoms with E-state index in [0.717, 1.165) is 47.7 Å². The molecule has 1 fully saturated rings. The number of aryl methyl sites for hydroxylation is 1. The van der Waals surface area contributed by atoms with E-state index in [9.17, 15) is 4.79 Å². The number of benzene rings is 2. The predicted molar refractivity (Wildman–Crippen MR) is 120 cm³/mol. The minimum absolute atomic E-state index is 0.0953. The molecule has 1 saturated heterocycles. The van der Waals surface area contributed by atoms with Crippen LogP contribution in [0.5, 0.6) is 0 Å². The van der Waals surface area contributed by atoms with Crippen molar-refractivity contribution >= 4 is 23.1 Å². The fourth-order valence-electron chi connectivity index (χ4n) is 4.24. The minimum atomic E-state index is -0.405. The molecule has 4 rings (SSSR count). The molecule has 2 aromatic rings. The number of anilines is 2. The van der Waals surface area contributed by atoms with E-state index in [2.05, 4.69) is 43.5 Å². The summed E-state index contributed by atoms with van der Waals surface area (Å²) in [5.41, 5.74) is 3.27. The molecule has 2 aliphatic rings. The maximum atomic E-state index is 13.3. The average Bonchev–Trinajstić information content (AvgIpc) is 2.67. The number of piperidine rings is 1. The van der Waals surface area contributed by atoms with Crippen molar-refractivity contribution in [2.75, 3.05) is 23.7 Å². The van der Waals surface area contributed by atoms with Gasteiger partial charge in [-0.15, -0.1) is 0 Å². The molecule has 152 valence electrons. The Bertz CT molecular complexity index is 959. The topological polar surface area (TPSA) is 56.7 Å². The van der Waals surface area contributed by atoms with Gasteiger partial charge in [0.1, 0.15) is 11.4 Å². The molecular weight excluding hydrogens is 360 g/mol. The van der Waals surface area contributed by atoms with Crippen molar-refractivity contribution in [3.05, 3.63) is 59.7 Å². The van der Waals surface area contributed by atoms with Gasteiger partial charge >= 0.3 is 0 Å². The monoisotopic (exact) mass is 390 g/mol. The lowest BCUT2D eigenvalue weighted by atomic mass is 9.84. The number of hydrogen-bond acceptors (Lipinski definition) is 3. The lowest BCUT2D eigenvalue weighted by Gasteiger charge is -2.48. The first-order valence-electron chi connectivity index (χ1n) is 10.4. The largest absolute Gasteiger partial charge is 0.370 e. The summed E-state index contributed by atoms with van der Waals surface area (Å²) in [4.78, 5) is 20.3. The number of nitrogens with one attached hydrogen (secondary N) is 2. The van der Waals surface area contributed by atoms with E-state index in [1.807, 2.05) is 48.2 Å². The van der Waals surface area contributed by atoms with Crippen molar-refractivity contribution in [1.82, 2.24) is 4.90 Å². The highest BCUT2D eigenvalue weighted by Gasteiger charge is 2.45. The Morgan fingerprint density at radius 1 is 1.07 bits per heavy atom. The summed E-state index contributed by atoms with van der Waals surface area (Å²) in [7, 11) is 0. The third-order valence-electron chi connectivity index (χ3n) is 5.61. The van der Waals surface area contributed by atoms with Crippen molar-refractivity contribution in [2.24, 2.45) is 4.99 Å². The Hall–Kier alpha value is -2.82. The number of aliphatic imine (C=N–C) groups is 1. The zero-order valence-corrected chi connectivity index (χ0v) is 17.7. The van der Waals surface area contributed by atoms with Crippen LogP contribution in [-0.4, -0.2) is 40.8 Å². The normalized spacial score (nSPS) is 22.8. The molecule has 2 aromatic carbocycles. The van der Waals surface area contributed by atoms with Crippen LogP contribution in [0.2, 0.25) is 0 Å². The van der Waals surface area contributed by atoms with Crippen molar-refractivity contribution in [3.8, 4) is 0 Å². The quantitative estimate of drug-likeness (QED) is 0.742. The van der Waals surface area contributed by atoms with Gasteiger partial charge in [-0.05, 0) is 64.3 Å². The molecule has 2 heterocycles. The molecule has 1 atom stereocenters. The van der Waals surface area contributed by atoms with Crippen LogP contribution in [0.3, 0.4) is 0 Å². The van der Waals surface area contributed by atoms with E-state index in [1.54, 1.807) is 0 Å². The number of amidine groups is 1. The number of rotatable bonds is 1. The second kappa shape index (κ2) is 7.21. The lowest BCUT2D eigenvalue weighted by Crippen LogP contribution is -2.63.